The molecule has 0 radical (unpaired) electrons. The number of aromatic amines is 1. The molecule has 0 saturated carbocycles. The van der Waals surface area contributed by atoms with Crippen LogP contribution in [-0.4, -0.2) is 29.0 Å². The Balaban J connectivity index is 3.30. The molecular formula is C7H9N3O6S. The van der Waals surface area contributed by atoms with Crippen LogP contribution in [0.3, 0.4) is 0 Å². The van der Waals surface area contributed by atoms with Crippen molar-refractivity contribution in [1.29, 1.82) is 0 Å². The van der Waals surface area contributed by atoms with Crippen LogP contribution in [-0.2, 0) is 21.4 Å². The first kappa shape index (κ1) is 13.1. The molecule has 0 bridgehead atoms. The molecule has 4 N–H and O–H groups in total. The highest BCUT2D eigenvalue weighted by Gasteiger charge is 2.15. The molecule has 17 heavy (non-hydrogen) atoms. The average molecular weight is 263 g/mol. The molecule has 0 saturated heterocycles. The van der Waals surface area contributed by atoms with Gasteiger partial charge in [0.25, 0.3) is 5.56 Å². The van der Waals surface area contributed by atoms with Crippen LogP contribution in [0.2, 0.25) is 0 Å². The number of carbonyl (C=O) groups is 1. The predicted molar refractivity (Wildman–Crippen MR) is 54.9 cm³/mol. The number of carboxylic acid groups (broad SMARTS) is 1. The van der Waals surface area contributed by atoms with Gasteiger partial charge in [-0.15, -0.1) is 0 Å². The van der Waals surface area contributed by atoms with E-state index in [1.54, 1.807) is 4.98 Å². The molecule has 10 heteroatoms. The van der Waals surface area contributed by atoms with E-state index in [9.17, 15) is 22.8 Å². The second-order valence-electron chi connectivity index (χ2n) is 3.13. The number of aromatic nitrogens is 2. The minimum atomic E-state index is -4.26. The van der Waals surface area contributed by atoms with E-state index in [-0.39, 0.29) is 6.54 Å². The Bertz CT molecular complexity index is 655. The summed E-state index contributed by atoms with van der Waals surface area (Å²) >= 11 is 0. The van der Waals surface area contributed by atoms with Gasteiger partial charge in [0.1, 0.15) is 0 Å². The number of carboxylic acids is 1. The molecular weight excluding hydrogens is 254 g/mol. The van der Waals surface area contributed by atoms with Crippen molar-refractivity contribution >= 4 is 16.0 Å². The average Bonchev–Trinajstić information content (AvgIpc) is 2.13. The second-order valence-corrected chi connectivity index (χ2v) is 4.66. The summed E-state index contributed by atoms with van der Waals surface area (Å²) in [5.74, 6) is -1.17. The van der Waals surface area contributed by atoms with Crippen molar-refractivity contribution in [2.75, 3.05) is 0 Å². The number of primary sulfonamides is 1. The summed E-state index contributed by atoms with van der Waals surface area (Å²) < 4.78 is 22.7. The summed E-state index contributed by atoms with van der Waals surface area (Å²) in [7, 11) is -4.26. The lowest BCUT2D eigenvalue weighted by atomic mass is 10.4. The molecule has 0 aromatic carbocycles. The summed E-state index contributed by atoms with van der Waals surface area (Å²) in [5.41, 5.74) is -2.03. The van der Waals surface area contributed by atoms with Crippen molar-refractivity contribution in [1.82, 2.24) is 9.55 Å². The molecule has 0 aliphatic heterocycles. The molecule has 1 rings (SSSR count). The lowest BCUT2D eigenvalue weighted by molar-refractivity contribution is -0.137. The molecule has 0 atom stereocenters. The van der Waals surface area contributed by atoms with Gasteiger partial charge < -0.3 is 5.11 Å². The van der Waals surface area contributed by atoms with Crippen molar-refractivity contribution < 1.29 is 18.3 Å². The predicted octanol–water partition coefficient (Wildman–Crippen LogP) is -2.34. The van der Waals surface area contributed by atoms with Gasteiger partial charge in [0.15, 0.2) is 4.90 Å². The first-order valence-corrected chi connectivity index (χ1v) is 5.85. The van der Waals surface area contributed by atoms with E-state index >= 15 is 0 Å². The lowest BCUT2D eigenvalue weighted by Crippen LogP contribution is -2.35. The SMILES string of the molecule is NS(=O)(=O)c1cn(CCC(=O)O)c(=O)[nH]c1=O. The van der Waals surface area contributed by atoms with Crippen LogP contribution >= 0.6 is 0 Å². The van der Waals surface area contributed by atoms with Gasteiger partial charge in [0, 0.05) is 12.7 Å². The van der Waals surface area contributed by atoms with Crippen LogP contribution in [0.5, 0.6) is 0 Å². The molecule has 1 aromatic heterocycles. The summed E-state index contributed by atoms with van der Waals surface area (Å²) in [4.78, 5) is 33.6. The molecule has 0 aliphatic carbocycles. The Kier molecular flexibility index (Phi) is 3.48. The summed E-state index contributed by atoms with van der Waals surface area (Å²) in [6.07, 6.45) is 0.329. The van der Waals surface area contributed by atoms with E-state index in [2.05, 4.69) is 0 Å². The smallest absolute Gasteiger partial charge is 0.328 e. The molecule has 1 aromatic rings. The normalized spacial score (nSPS) is 11.4. The fourth-order valence-corrected chi connectivity index (χ4v) is 1.66. The quantitative estimate of drug-likeness (QED) is 0.553. The first-order valence-electron chi connectivity index (χ1n) is 4.30. The third-order valence-electron chi connectivity index (χ3n) is 1.85. The van der Waals surface area contributed by atoms with Crippen molar-refractivity contribution in [2.24, 2.45) is 5.14 Å². The summed E-state index contributed by atoms with van der Waals surface area (Å²) in [6, 6.07) is 0. The lowest BCUT2D eigenvalue weighted by Gasteiger charge is -2.04. The number of aryl methyl sites for hydroxylation is 1. The molecule has 94 valence electrons. The highest BCUT2D eigenvalue weighted by Crippen LogP contribution is 1.96. The number of rotatable bonds is 4. The van der Waals surface area contributed by atoms with Crippen LogP contribution in [0.4, 0.5) is 0 Å². The minimum absolute atomic E-state index is 0.270. The monoisotopic (exact) mass is 263 g/mol. The van der Waals surface area contributed by atoms with Gasteiger partial charge in [-0.1, -0.05) is 0 Å². The maximum atomic E-state index is 11.2. The molecule has 0 unspecified atom stereocenters. The van der Waals surface area contributed by atoms with Crippen LogP contribution in [0, 0.1) is 0 Å². The van der Waals surface area contributed by atoms with Crippen molar-refractivity contribution in [2.45, 2.75) is 17.9 Å². The number of sulfonamides is 1. The van der Waals surface area contributed by atoms with Crippen LogP contribution in [0.1, 0.15) is 6.42 Å². The second kappa shape index (κ2) is 4.51. The number of hydrogen-bond donors (Lipinski definition) is 3. The topological polar surface area (TPSA) is 152 Å². The molecule has 0 spiro atoms. The Morgan fingerprint density at radius 3 is 2.53 bits per heavy atom. The Morgan fingerprint density at radius 2 is 2.06 bits per heavy atom. The fourth-order valence-electron chi connectivity index (χ4n) is 1.07. The Morgan fingerprint density at radius 1 is 1.47 bits per heavy atom. The highest BCUT2D eigenvalue weighted by molar-refractivity contribution is 7.89. The van der Waals surface area contributed by atoms with Crippen molar-refractivity contribution in [3.8, 4) is 0 Å². The van der Waals surface area contributed by atoms with Crippen LogP contribution in [0.25, 0.3) is 0 Å². The molecule has 0 amide bonds. The van der Waals surface area contributed by atoms with Gasteiger partial charge in [-0.3, -0.25) is 19.1 Å². The molecule has 9 nitrogen and oxygen atoms in total. The zero-order valence-corrected chi connectivity index (χ0v) is 9.23. The summed E-state index contributed by atoms with van der Waals surface area (Å²) in [5, 5.41) is 13.2. The van der Waals surface area contributed by atoms with Crippen molar-refractivity contribution in [3.63, 3.8) is 0 Å². The Labute approximate surface area is 94.6 Å². The van der Waals surface area contributed by atoms with E-state index in [1.165, 1.54) is 0 Å². The van der Waals surface area contributed by atoms with Crippen molar-refractivity contribution in [3.05, 3.63) is 27.0 Å². The van der Waals surface area contributed by atoms with Gasteiger partial charge in [-0.2, -0.15) is 0 Å². The third kappa shape index (κ3) is 3.26. The first-order chi connectivity index (χ1) is 7.71. The number of nitrogens with zero attached hydrogens (tertiary/aromatic N) is 1. The van der Waals surface area contributed by atoms with Gasteiger partial charge in [0.2, 0.25) is 10.0 Å². The molecule has 0 aliphatic rings. The van der Waals surface area contributed by atoms with Gasteiger partial charge in [0.05, 0.1) is 6.42 Å². The maximum Gasteiger partial charge on any atom is 0.328 e. The minimum Gasteiger partial charge on any atom is -0.481 e. The van der Waals surface area contributed by atoms with Gasteiger partial charge in [-0.05, 0) is 0 Å². The standard InChI is InChI=1S/C7H9N3O6S/c8-17(15,16)4-3-10(2-1-5(11)12)7(14)9-6(4)13/h3H,1-2H2,(H,11,12)(H2,8,15,16)(H,9,13,14). The number of nitrogens with one attached hydrogen (secondary N) is 1. The Hall–Kier alpha value is -1.94. The number of aliphatic carboxylic acids is 1. The maximum absolute atomic E-state index is 11.2. The van der Waals surface area contributed by atoms with E-state index in [0.717, 1.165) is 10.8 Å². The number of nitrogens with two attached hydrogens (primary N) is 1. The largest absolute Gasteiger partial charge is 0.481 e. The van der Waals surface area contributed by atoms with Crippen LogP contribution < -0.4 is 16.4 Å². The van der Waals surface area contributed by atoms with Gasteiger partial charge >= 0.3 is 11.7 Å². The molecule has 0 fully saturated rings. The highest BCUT2D eigenvalue weighted by atomic mass is 32.2. The number of hydrogen-bond acceptors (Lipinski definition) is 5. The zero-order chi connectivity index (χ0) is 13.2. The van der Waals surface area contributed by atoms with E-state index in [4.69, 9.17) is 10.2 Å². The molecule has 1 heterocycles. The van der Waals surface area contributed by atoms with E-state index in [1.807, 2.05) is 0 Å². The zero-order valence-electron chi connectivity index (χ0n) is 8.41. The number of H-pyrrole nitrogens is 1. The van der Waals surface area contributed by atoms with Gasteiger partial charge in [-0.25, -0.2) is 18.4 Å². The summed E-state index contributed by atoms with van der Waals surface area (Å²) in [6.45, 7) is -0.270. The van der Waals surface area contributed by atoms with E-state index in [0.29, 0.717) is 0 Å². The third-order valence-corrected chi connectivity index (χ3v) is 2.76. The fraction of sp³-hybridized carbons (Fsp3) is 0.286. The van der Waals surface area contributed by atoms with Crippen LogP contribution in [0.15, 0.2) is 20.7 Å². The van der Waals surface area contributed by atoms with E-state index < -0.39 is 38.6 Å².